The van der Waals surface area contributed by atoms with Gasteiger partial charge in [0.1, 0.15) is 0 Å². The molecule has 0 bridgehead atoms. The van der Waals surface area contributed by atoms with E-state index >= 15 is 0 Å². The van der Waals surface area contributed by atoms with Crippen LogP contribution in [-0.4, -0.2) is 0 Å². The Kier molecular flexibility index (Phi) is 1.72. The Balaban J connectivity index is 2.98. The Morgan fingerprint density at radius 3 is 2.56 bits per heavy atom. The monoisotopic (exact) mass is 138 g/mol. The summed E-state index contributed by atoms with van der Waals surface area (Å²) >= 11 is 1.77. The molecule has 0 unspecified atom stereocenters. The van der Waals surface area contributed by atoms with Crippen molar-refractivity contribution >= 4 is 16.9 Å². The van der Waals surface area contributed by atoms with Crippen molar-refractivity contribution in [2.75, 3.05) is 0 Å². The summed E-state index contributed by atoms with van der Waals surface area (Å²) in [7, 11) is 0. The van der Waals surface area contributed by atoms with Crippen molar-refractivity contribution in [3.8, 4) is 0 Å². The van der Waals surface area contributed by atoms with E-state index in [1.165, 1.54) is 10.4 Å². The van der Waals surface area contributed by atoms with Gasteiger partial charge in [-0.2, -0.15) is 0 Å². The minimum absolute atomic E-state index is 1.15. The van der Waals surface area contributed by atoms with Crippen LogP contribution in [-0.2, 0) is 0 Å². The SMILES string of the molecule is C=C(C)c1csc(C)c1. The van der Waals surface area contributed by atoms with Crippen molar-refractivity contribution in [1.82, 2.24) is 0 Å². The predicted molar refractivity (Wildman–Crippen MR) is 43.8 cm³/mol. The Labute approximate surface area is 59.8 Å². The van der Waals surface area contributed by atoms with Crippen LogP contribution in [0.15, 0.2) is 18.0 Å². The summed E-state index contributed by atoms with van der Waals surface area (Å²) in [4.78, 5) is 1.35. The molecule has 0 nitrogen and oxygen atoms in total. The largest absolute Gasteiger partial charge is 0.149 e. The third kappa shape index (κ3) is 1.42. The molecule has 1 rings (SSSR count). The zero-order chi connectivity index (χ0) is 6.85. The predicted octanol–water partition coefficient (Wildman–Crippen LogP) is 3.09. The lowest BCUT2D eigenvalue weighted by molar-refractivity contribution is 1.59. The first kappa shape index (κ1) is 6.56. The van der Waals surface area contributed by atoms with Crippen LogP contribution >= 0.6 is 11.3 Å². The maximum absolute atomic E-state index is 3.85. The fourth-order valence-corrected chi connectivity index (χ4v) is 1.44. The highest BCUT2D eigenvalue weighted by Gasteiger charge is 1.93. The molecular formula is C8H10S. The fraction of sp³-hybridized carbons (Fsp3) is 0.250. The van der Waals surface area contributed by atoms with Crippen LogP contribution in [0.3, 0.4) is 0 Å². The van der Waals surface area contributed by atoms with Gasteiger partial charge in [-0.1, -0.05) is 12.2 Å². The van der Waals surface area contributed by atoms with Gasteiger partial charge in [-0.25, -0.2) is 0 Å². The van der Waals surface area contributed by atoms with E-state index in [2.05, 4.69) is 24.9 Å². The Hall–Kier alpha value is -0.560. The van der Waals surface area contributed by atoms with Gasteiger partial charge < -0.3 is 0 Å². The molecule has 0 aliphatic rings. The van der Waals surface area contributed by atoms with Crippen molar-refractivity contribution < 1.29 is 0 Å². The molecule has 0 atom stereocenters. The molecule has 0 radical (unpaired) electrons. The van der Waals surface area contributed by atoms with Crippen molar-refractivity contribution in [3.05, 3.63) is 28.5 Å². The van der Waals surface area contributed by atoms with Gasteiger partial charge in [0.2, 0.25) is 0 Å². The summed E-state index contributed by atoms with van der Waals surface area (Å²) < 4.78 is 0. The molecule has 0 aliphatic heterocycles. The minimum Gasteiger partial charge on any atom is -0.149 e. The number of hydrogen-bond acceptors (Lipinski definition) is 1. The van der Waals surface area contributed by atoms with Crippen LogP contribution in [0, 0.1) is 6.92 Å². The molecule has 1 aromatic heterocycles. The number of rotatable bonds is 1. The minimum atomic E-state index is 1.15. The van der Waals surface area contributed by atoms with E-state index in [4.69, 9.17) is 0 Å². The molecule has 9 heavy (non-hydrogen) atoms. The van der Waals surface area contributed by atoms with Gasteiger partial charge >= 0.3 is 0 Å². The highest BCUT2D eigenvalue weighted by atomic mass is 32.1. The topological polar surface area (TPSA) is 0 Å². The maximum Gasteiger partial charge on any atom is 0.00204 e. The summed E-state index contributed by atoms with van der Waals surface area (Å²) in [6.07, 6.45) is 0. The second-order valence-electron chi connectivity index (χ2n) is 2.23. The van der Waals surface area contributed by atoms with E-state index < -0.39 is 0 Å². The highest BCUT2D eigenvalue weighted by Crippen LogP contribution is 2.18. The average molecular weight is 138 g/mol. The summed E-state index contributed by atoms with van der Waals surface area (Å²) in [6, 6.07) is 2.16. The number of thiophene rings is 1. The molecule has 0 saturated heterocycles. The number of aryl methyl sites for hydroxylation is 1. The highest BCUT2D eigenvalue weighted by molar-refractivity contribution is 7.10. The van der Waals surface area contributed by atoms with E-state index in [0.29, 0.717) is 0 Å². The van der Waals surface area contributed by atoms with E-state index in [9.17, 15) is 0 Å². The lowest BCUT2D eigenvalue weighted by Gasteiger charge is -1.87. The Morgan fingerprint density at radius 2 is 2.33 bits per heavy atom. The second-order valence-corrected chi connectivity index (χ2v) is 3.34. The first-order valence-electron chi connectivity index (χ1n) is 2.91. The van der Waals surface area contributed by atoms with E-state index in [-0.39, 0.29) is 0 Å². The van der Waals surface area contributed by atoms with Gasteiger partial charge in [0.15, 0.2) is 0 Å². The summed E-state index contributed by atoms with van der Waals surface area (Å²) in [6.45, 7) is 7.98. The molecule has 0 amide bonds. The molecule has 1 heterocycles. The van der Waals surface area contributed by atoms with Gasteiger partial charge in [0.05, 0.1) is 0 Å². The number of allylic oxidation sites excluding steroid dienone is 1. The van der Waals surface area contributed by atoms with Gasteiger partial charge in [-0.05, 0) is 30.9 Å². The van der Waals surface area contributed by atoms with E-state index in [0.717, 1.165) is 5.57 Å². The van der Waals surface area contributed by atoms with Crippen molar-refractivity contribution in [2.24, 2.45) is 0 Å². The summed E-state index contributed by atoms with van der Waals surface area (Å²) in [5.74, 6) is 0. The van der Waals surface area contributed by atoms with Gasteiger partial charge in [0, 0.05) is 4.88 Å². The fourth-order valence-electron chi connectivity index (χ4n) is 0.667. The van der Waals surface area contributed by atoms with Crippen molar-refractivity contribution in [3.63, 3.8) is 0 Å². The van der Waals surface area contributed by atoms with Gasteiger partial charge in [-0.15, -0.1) is 11.3 Å². The summed E-state index contributed by atoms with van der Waals surface area (Å²) in [5.41, 5.74) is 2.43. The molecule has 0 fully saturated rings. The first-order valence-corrected chi connectivity index (χ1v) is 3.79. The zero-order valence-corrected chi connectivity index (χ0v) is 6.59. The molecule has 0 saturated carbocycles. The molecule has 1 aromatic rings. The van der Waals surface area contributed by atoms with Gasteiger partial charge in [-0.3, -0.25) is 0 Å². The third-order valence-electron chi connectivity index (χ3n) is 1.22. The van der Waals surface area contributed by atoms with Crippen LogP contribution in [0.1, 0.15) is 17.4 Å². The van der Waals surface area contributed by atoms with Crippen LogP contribution in [0.2, 0.25) is 0 Å². The lowest BCUT2D eigenvalue weighted by atomic mass is 10.2. The summed E-state index contributed by atoms with van der Waals surface area (Å²) in [5, 5.41) is 2.14. The van der Waals surface area contributed by atoms with E-state index in [1.54, 1.807) is 11.3 Å². The van der Waals surface area contributed by atoms with Crippen LogP contribution < -0.4 is 0 Å². The van der Waals surface area contributed by atoms with Crippen molar-refractivity contribution in [2.45, 2.75) is 13.8 Å². The number of hydrogen-bond donors (Lipinski definition) is 0. The molecule has 48 valence electrons. The van der Waals surface area contributed by atoms with Gasteiger partial charge in [0.25, 0.3) is 0 Å². The van der Waals surface area contributed by atoms with Crippen LogP contribution in [0.5, 0.6) is 0 Å². The quantitative estimate of drug-likeness (QED) is 0.559. The Bertz CT molecular complexity index is 220. The normalized spacial score (nSPS) is 9.56. The molecule has 0 N–H and O–H groups in total. The average Bonchev–Trinajstić information content (AvgIpc) is 2.14. The smallest absolute Gasteiger partial charge is 0.00204 e. The first-order chi connectivity index (χ1) is 4.20. The second kappa shape index (κ2) is 2.36. The standard InChI is InChI=1S/C8H10S/c1-6(2)8-4-7(3)9-5-8/h4-5H,1H2,2-3H3. The van der Waals surface area contributed by atoms with Crippen LogP contribution in [0.25, 0.3) is 5.57 Å². The molecule has 0 spiro atoms. The van der Waals surface area contributed by atoms with E-state index in [1.807, 2.05) is 6.92 Å². The maximum atomic E-state index is 3.85. The van der Waals surface area contributed by atoms with Crippen molar-refractivity contribution in [1.29, 1.82) is 0 Å². The van der Waals surface area contributed by atoms with Crippen LogP contribution in [0.4, 0.5) is 0 Å². The molecular weight excluding hydrogens is 128 g/mol. The molecule has 1 heteroatoms. The zero-order valence-electron chi connectivity index (χ0n) is 5.77. The third-order valence-corrected chi connectivity index (χ3v) is 2.08. The Morgan fingerprint density at radius 1 is 1.67 bits per heavy atom. The lowest BCUT2D eigenvalue weighted by Crippen LogP contribution is -1.66. The molecule has 0 aromatic carbocycles. The molecule has 0 aliphatic carbocycles.